The fraction of sp³-hybridized carbons (Fsp3) is 0.238. The molecule has 1 aliphatic rings. The van der Waals surface area contributed by atoms with E-state index >= 15 is 0 Å². The molecule has 0 bridgehead atoms. The quantitative estimate of drug-likeness (QED) is 0.549. The third-order valence-corrected chi connectivity index (χ3v) is 5.88. The van der Waals surface area contributed by atoms with E-state index in [-0.39, 0.29) is 11.9 Å². The van der Waals surface area contributed by atoms with Crippen molar-refractivity contribution >= 4 is 22.4 Å². The number of fused-ring (bicyclic) bond motifs is 1. The Hall–Kier alpha value is -2.91. The first-order chi connectivity index (χ1) is 14.3. The van der Waals surface area contributed by atoms with E-state index in [9.17, 15) is 18.0 Å². The number of anilines is 1. The predicted molar refractivity (Wildman–Crippen MR) is 110 cm³/mol. The molecule has 1 aromatic heterocycles. The van der Waals surface area contributed by atoms with Gasteiger partial charge in [0.15, 0.2) is 5.13 Å². The summed E-state index contributed by atoms with van der Waals surface area (Å²) in [7, 11) is 0. The Balaban J connectivity index is 1.34. The highest BCUT2D eigenvalue weighted by Crippen LogP contribution is 2.31. The second kappa shape index (κ2) is 8.08. The number of alkyl halides is 3. The highest BCUT2D eigenvalue weighted by Gasteiger charge is 2.30. The lowest BCUT2D eigenvalue weighted by molar-refractivity contribution is -0.137. The molecule has 2 heterocycles. The highest BCUT2D eigenvalue weighted by molar-refractivity contribution is 7.18. The van der Waals surface area contributed by atoms with Crippen molar-refractivity contribution in [1.82, 2.24) is 10.3 Å². The molecule has 0 aliphatic carbocycles. The number of benzene rings is 2. The molecule has 3 aromatic rings. The summed E-state index contributed by atoms with van der Waals surface area (Å²) < 4.78 is 37.9. The van der Waals surface area contributed by atoms with E-state index in [1.165, 1.54) is 23.5 Å². The first-order valence-corrected chi connectivity index (χ1v) is 10.1. The third-order valence-electron chi connectivity index (χ3n) is 4.87. The van der Waals surface area contributed by atoms with Crippen LogP contribution in [0.2, 0.25) is 0 Å². The number of carbonyl (C=O) groups excluding carboxylic acids is 1. The summed E-state index contributed by atoms with van der Waals surface area (Å²) in [5.74, 6) is -0.0507. The number of nitrogens with zero attached hydrogens (tertiary/aromatic N) is 1. The minimum atomic E-state index is -4.34. The van der Waals surface area contributed by atoms with Gasteiger partial charge in [-0.1, -0.05) is 29.5 Å². The Bertz CT molecular complexity index is 1060. The Labute approximate surface area is 175 Å². The van der Waals surface area contributed by atoms with Gasteiger partial charge in [-0.05, 0) is 47.4 Å². The number of hydrogen-bond acceptors (Lipinski definition) is 5. The Morgan fingerprint density at radius 1 is 1.20 bits per heavy atom. The van der Waals surface area contributed by atoms with Gasteiger partial charge >= 0.3 is 6.18 Å². The summed E-state index contributed by atoms with van der Waals surface area (Å²) >= 11 is 1.48. The van der Waals surface area contributed by atoms with Gasteiger partial charge < -0.3 is 16.4 Å². The van der Waals surface area contributed by atoms with Crippen LogP contribution in [0.4, 0.5) is 18.3 Å². The zero-order valence-corrected chi connectivity index (χ0v) is 16.6. The first kappa shape index (κ1) is 20.4. The van der Waals surface area contributed by atoms with Crippen LogP contribution in [0.5, 0.6) is 0 Å². The molecule has 0 saturated carbocycles. The monoisotopic (exact) mass is 432 g/mol. The minimum Gasteiger partial charge on any atom is -0.360 e. The van der Waals surface area contributed by atoms with Gasteiger partial charge in [0.25, 0.3) is 5.91 Å². The van der Waals surface area contributed by atoms with Gasteiger partial charge in [-0.25, -0.2) is 4.98 Å². The second-order valence-electron chi connectivity index (χ2n) is 7.12. The van der Waals surface area contributed by atoms with E-state index in [1.54, 1.807) is 6.20 Å². The molecule has 9 heteroatoms. The molecular formula is C21H19F3N4OS. The van der Waals surface area contributed by atoms with Crippen LogP contribution in [-0.4, -0.2) is 23.5 Å². The number of thiazole rings is 1. The van der Waals surface area contributed by atoms with Gasteiger partial charge in [0, 0.05) is 30.9 Å². The Morgan fingerprint density at radius 3 is 2.70 bits per heavy atom. The maximum atomic E-state index is 12.6. The number of nitrogens with two attached hydrogens (primary N) is 1. The summed E-state index contributed by atoms with van der Waals surface area (Å²) in [6.45, 7) is 0.974. The normalized spacial score (nSPS) is 14.3. The zero-order chi connectivity index (χ0) is 21.3. The van der Waals surface area contributed by atoms with E-state index < -0.39 is 11.7 Å². The maximum Gasteiger partial charge on any atom is 0.416 e. The summed E-state index contributed by atoms with van der Waals surface area (Å²) in [4.78, 5) is 17.0. The van der Waals surface area contributed by atoms with Crippen LogP contribution in [0, 0.1) is 0 Å². The van der Waals surface area contributed by atoms with Crippen LogP contribution in [0.1, 0.15) is 27.0 Å². The number of hydrogen-bond donors (Lipinski definition) is 3. The average Bonchev–Trinajstić information content (AvgIpc) is 3.33. The van der Waals surface area contributed by atoms with Crippen LogP contribution >= 0.6 is 11.3 Å². The lowest BCUT2D eigenvalue weighted by Crippen LogP contribution is -2.31. The lowest BCUT2D eigenvalue weighted by Gasteiger charge is -2.13. The number of aromatic nitrogens is 1. The van der Waals surface area contributed by atoms with Crippen LogP contribution in [-0.2, 0) is 19.1 Å². The van der Waals surface area contributed by atoms with E-state index in [2.05, 4.69) is 15.6 Å². The maximum absolute atomic E-state index is 12.6. The molecule has 1 atom stereocenters. The number of carbonyl (C=O) groups is 1. The minimum absolute atomic E-state index is 0.0507. The van der Waals surface area contributed by atoms with Gasteiger partial charge in [0.2, 0.25) is 0 Å². The Kier molecular flexibility index (Phi) is 5.48. The second-order valence-corrected chi connectivity index (χ2v) is 8.15. The van der Waals surface area contributed by atoms with Crippen LogP contribution in [0.15, 0.2) is 48.7 Å². The molecule has 30 heavy (non-hydrogen) atoms. The molecule has 0 saturated heterocycles. The van der Waals surface area contributed by atoms with Crippen molar-refractivity contribution in [2.75, 3.05) is 11.9 Å². The predicted octanol–water partition coefficient (Wildman–Crippen LogP) is 4.05. The van der Waals surface area contributed by atoms with Crippen molar-refractivity contribution in [3.63, 3.8) is 0 Å². The zero-order valence-electron chi connectivity index (χ0n) is 15.8. The third kappa shape index (κ3) is 4.47. The van der Waals surface area contributed by atoms with Crippen LogP contribution in [0.3, 0.4) is 0 Å². The Morgan fingerprint density at radius 2 is 1.97 bits per heavy atom. The van der Waals surface area contributed by atoms with E-state index in [4.69, 9.17) is 5.73 Å². The smallest absolute Gasteiger partial charge is 0.360 e. The SMILES string of the molecule is N[C@@H](CNc1ncc(-c2ccc3c(c2)CNC3=O)s1)Cc1ccc(C(F)(F)F)cc1. The van der Waals surface area contributed by atoms with Gasteiger partial charge in [0.05, 0.1) is 10.4 Å². The van der Waals surface area contributed by atoms with Crippen molar-refractivity contribution in [2.45, 2.75) is 25.2 Å². The molecule has 0 unspecified atom stereocenters. The van der Waals surface area contributed by atoms with Gasteiger partial charge in [-0.3, -0.25) is 4.79 Å². The fourth-order valence-corrected chi connectivity index (χ4v) is 4.12. The van der Waals surface area contributed by atoms with Crippen molar-refractivity contribution < 1.29 is 18.0 Å². The topological polar surface area (TPSA) is 80.0 Å². The summed E-state index contributed by atoms with van der Waals surface area (Å²) in [5, 5.41) is 6.70. The van der Waals surface area contributed by atoms with Gasteiger partial charge in [-0.2, -0.15) is 13.2 Å². The molecule has 1 aliphatic heterocycles. The summed E-state index contributed by atoms with van der Waals surface area (Å²) in [6.07, 6.45) is -2.12. The van der Waals surface area contributed by atoms with Crippen molar-refractivity contribution in [3.05, 3.63) is 70.9 Å². The fourth-order valence-electron chi connectivity index (χ4n) is 3.30. The summed E-state index contributed by atoms with van der Waals surface area (Å²) in [5.41, 5.74) is 8.87. The average molecular weight is 432 g/mol. The molecule has 0 fully saturated rings. The van der Waals surface area contributed by atoms with Gasteiger partial charge in [0.1, 0.15) is 0 Å². The molecule has 4 N–H and O–H groups in total. The lowest BCUT2D eigenvalue weighted by atomic mass is 10.0. The van der Waals surface area contributed by atoms with Crippen LogP contribution < -0.4 is 16.4 Å². The molecule has 4 rings (SSSR count). The number of halogens is 3. The van der Waals surface area contributed by atoms with E-state index in [0.717, 1.165) is 33.7 Å². The molecular weight excluding hydrogens is 413 g/mol. The van der Waals surface area contributed by atoms with Crippen molar-refractivity contribution in [1.29, 1.82) is 0 Å². The number of nitrogens with one attached hydrogen (secondary N) is 2. The van der Waals surface area contributed by atoms with E-state index in [0.29, 0.717) is 30.2 Å². The molecule has 1 amide bonds. The standard InChI is InChI=1S/C21H19F3N4OS/c22-21(23,24)15-4-1-12(2-5-15)7-16(25)10-27-20-28-11-18(30-20)13-3-6-17-14(8-13)9-26-19(17)29/h1-6,8,11,16H,7,9-10,25H2,(H,26,29)(H,27,28)/t16-/m1/s1. The molecule has 0 spiro atoms. The van der Waals surface area contributed by atoms with E-state index in [1.807, 2.05) is 18.2 Å². The van der Waals surface area contributed by atoms with Crippen LogP contribution in [0.25, 0.3) is 10.4 Å². The molecule has 0 radical (unpaired) electrons. The molecule has 156 valence electrons. The number of amides is 1. The summed E-state index contributed by atoms with van der Waals surface area (Å²) in [6, 6.07) is 10.5. The molecule has 5 nitrogen and oxygen atoms in total. The van der Waals surface area contributed by atoms with Crippen molar-refractivity contribution in [3.8, 4) is 10.4 Å². The first-order valence-electron chi connectivity index (χ1n) is 9.32. The highest BCUT2D eigenvalue weighted by atomic mass is 32.1. The number of rotatable bonds is 6. The van der Waals surface area contributed by atoms with Crippen molar-refractivity contribution in [2.24, 2.45) is 5.73 Å². The molecule has 2 aromatic carbocycles. The largest absolute Gasteiger partial charge is 0.416 e. The van der Waals surface area contributed by atoms with Gasteiger partial charge in [-0.15, -0.1) is 0 Å².